The minimum absolute atomic E-state index is 0.219. The van der Waals surface area contributed by atoms with Crippen molar-refractivity contribution >= 4 is 56.8 Å². The third-order valence-corrected chi connectivity index (χ3v) is 4.84. The molecule has 1 saturated heterocycles. The fraction of sp³-hybridized carbons (Fsp3) is 0.0588. The average molecular weight is 408 g/mol. The second-order valence-electron chi connectivity index (χ2n) is 5.03. The predicted octanol–water partition coefficient (Wildman–Crippen LogP) is 5.00. The molecular weight excluding hydrogens is 396 g/mol. The number of nitrogens with one attached hydrogen (secondary N) is 1. The second-order valence-corrected chi connectivity index (χ2v) is 6.70. The van der Waals surface area contributed by atoms with E-state index in [0.29, 0.717) is 22.3 Å². The summed E-state index contributed by atoms with van der Waals surface area (Å²) in [7, 11) is 0. The van der Waals surface area contributed by atoms with E-state index in [9.17, 15) is 4.79 Å². The molecular formula is C17H12BrClN2OS. The summed E-state index contributed by atoms with van der Waals surface area (Å²) < 4.78 is 0.945. The molecule has 116 valence electrons. The normalized spacial score (nSPS) is 16.1. The summed E-state index contributed by atoms with van der Waals surface area (Å²) in [6, 6.07) is 14.9. The number of rotatable bonds is 3. The van der Waals surface area contributed by atoms with E-state index in [2.05, 4.69) is 21.2 Å². The fourth-order valence-electron chi connectivity index (χ4n) is 2.24. The Kier molecular flexibility index (Phi) is 4.80. The van der Waals surface area contributed by atoms with Crippen LogP contribution in [0, 0.1) is 0 Å². The van der Waals surface area contributed by atoms with E-state index in [1.165, 1.54) is 0 Å². The molecule has 2 aromatic carbocycles. The Morgan fingerprint density at radius 1 is 1.17 bits per heavy atom. The van der Waals surface area contributed by atoms with Crippen LogP contribution in [-0.2, 0) is 6.54 Å². The van der Waals surface area contributed by atoms with E-state index >= 15 is 0 Å². The molecule has 0 radical (unpaired) electrons. The Morgan fingerprint density at radius 2 is 1.87 bits per heavy atom. The monoisotopic (exact) mass is 406 g/mol. The van der Waals surface area contributed by atoms with E-state index < -0.39 is 0 Å². The van der Waals surface area contributed by atoms with Crippen LogP contribution in [0.25, 0.3) is 6.08 Å². The van der Waals surface area contributed by atoms with E-state index in [1.54, 1.807) is 17.0 Å². The zero-order valence-electron chi connectivity index (χ0n) is 11.9. The summed E-state index contributed by atoms with van der Waals surface area (Å²) in [6.45, 7) is 0.412. The van der Waals surface area contributed by atoms with Crippen LogP contribution in [-0.4, -0.2) is 15.9 Å². The molecule has 1 aliphatic heterocycles. The minimum Gasteiger partial charge on any atom is -0.305 e. The van der Waals surface area contributed by atoms with Crippen molar-refractivity contribution in [2.45, 2.75) is 6.54 Å². The van der Waals surface area contributed by atoms with E-state index in [0.717, 1.165) is 15.6 Å². The molecule has 0 atom stereocenters. The summed E-state index contributed by atoms with van der Waals surface area (Å²) in [5.41, 5.74) is 2.55. The van der Waals surface area contributed by atoms with Gasteiger partial charge in [0.1, 0.15) is 4.99 Å². The largest absolute Gasteiger partial charge is 0.327 e. The smallest absolute Gasteiger partial charge is 0.305 e. The van der Waals surface area contributed by atoms with Gasteiger partial charge in [0.15, 0.2) is 0 Å². The van der Waals surface area contributed by atoms with Crippen molar-refractivity contribution in [3.8, 4) is 0 Å². The quantitative estimate of drug-likeness (QED) is 0.574. The highest BCUT2D eigenvalue weighted by Gasteiger charge is 2.30. The van der Waals surface area contributed by atoms with Gasteiger partial charge in [0.25, 0.3) is 0 Å². The van der Waals surface area contributed by atoms with Gasteiger partial charge in [0.2, 0.25) is 0 Å². The van der Waals surface area contributed by atoms with Gasteiger partial charge < -0.3 is 5.32 Å². The van der Waals surface area contributed by atoms with Crippen molar-refractivity contribution in [3.05, 3.63) is 74.9 Å². The maximum absolute atomic E-state index is 12.2. The molecule has 3 nitrogen and oxygen atoms in total. The maximum Gasteiger partial charge on any atom is 0.327 e. The zero-order valence-corrected chi connectivity index (χ0v) is 15.1. The van der Waals surface area contributed by atoms with Gasteiger partial charge in [-0.05, 0) is 35.4 Å². The Balaban J connectivity index is 1.82. The molecule has 1 N–H and O–H groups in total. The molecule has 0 spiro atoms. The van der Waals surface area contributed by atoms with Gasteiger partial charge in [-0.1, -0.05) is 70.1 Å². The molecule has 23 heavy (non-hydrogen) atoms. The number of nitrogens with zero attached hydrogens (tertiary/aromatic N) is 1. The molecule has 2 aromatic rings. The van der Waals surface area contributed by atoms with Crippen LogP contribution in [0.4, 0.5) is 4.79 Å². The van der Waals surface area contributed by atoms with Gasteiger partial charge in [-0.25, -0.2) is 4.79 Å². The molecule has 0 saturated carbocycles. The lowest BCUT2D eigenvalue weighted by molar-refractivity contribution is 0.228. The van der Waals surface area contributed by atoms with E-state index in [4.69, 9.17) is 23.8 Å². The Hall–Kier alpha value is -1.69. The zero-order chi connectivity index (χ0) is 16.4. The van der Waals surface area contributed by atoms with Gasteiger partial charge in [-0.15, -0.1) is 0 Å². The number of halogens is 2. The number of hydrogen-bond acceptors (Lipinski definition) is 2. The summed E-state index contributed by atoms with van der Waals surface area (Å²) >= 11 is 14.8. The van der Waals surface area contributed by atoms with Gasteiger partial charge in [0.05, 0.1) is 12.2 Å². The number of amides is 2. The average Bonchev–Trinajstić information content (AvgIpc) is 2.79. The van der Waals surface area contributed by atoms with Crippen molar-refractivity contribution in [2.24, 2.45) is 0 Å². The minimum atomic E-state index is -0.219. The lowest BCUT2D eigenvalue weighted by Gasteiger charge is -2.14. The van der Waals surface area contributed by atoms with E-state index in [1.807, 2.05) is 42.5 Å². The van der Waals surface area contributed by atoms with E-state index in [-0.39, 0.29) is 6.03 Å². The highest BCUT2D eigenvalue weighted by molar-refractivity contribution is 9.10. The van der Waals surface area contributed by atoms with Gasteiger partial charge >= 0.3 is 6.03 Å². The molecule has 1 aliphatic rings. The third kappa shape index (κ3) is 3.63. The number of urea groups is 1. The van der Waals surface area contributed by atoms with Crippen LogP contribution in [0.5, 0.6) is 0 Å². The van der Waals surface area contributed by atoms with Gasteiger partial charge in [0, 0.05) is 9.50 Å². The summed E-state index contributed by atoms with van der Waals surface area (Å²) in [6.07, 6.45) is 1.87. The molecule has 1 fully saturated rings. The Bertz CT molecular complexity index is 804. The first-order chi connectivity index (χ1) is 11.0. The lowest BCUT2D eigenvalue weighted by atomic mass is 10.2. The summed E-state index contributed by atoms with van der Waals surface area (Å²) in [5.74, 6) is 0. The standard InChI is InChI=1S/C17H12BrClN2OS/c18-14-4-2-1-3-12(14)9-15-16(23)21(17(22)20-15)10-11-5-7-13(19)8-6-11/h1-9H,10H2,(H,20,22)/b15-9-. The topological polar surface area (TPSA) is 32.3 Å². The molecule has 1 heterocycles. The van der Waals surface area contributed by atoms with Crippen LogP contribution >= 0.6 is 39.7 Å². The molecule has 2 amide bonds. The highest BCUT2D eigenvalue weighted by atomic mass is 79.9. The van der Waals surface area contributed by atoms with Crippen LogP contribution in [0.3, 0.4) is 0 Å². The molecule has 0 bridgehead atoms. The van der Waals surface area contributed by atoms with Crippen molar-refractivity contribution in [1.29, 1.82) is 0 Å². The summed E-state index contributed by atoms with van der Waals surface area (Å²) in [4.78, 5) is 14.2. The Morgan fingerprint density at radius 3 is 2.57 bits per heavy atom. The first kappa shape index (κ1) is 16.2. The second kappa shape index (κ2) is 6.83. The SMILES string of the molecule is O=C1N/C(=C\c2ccccc2Br)C(=S)N1Cc1ccc(Cl)cc1. The van der Waals surface area contributed by atoms with Crippen LogP contribution in [0.1, 0.15) is 11.1 Å². The van der Waals surface area contributed by atoms with Gasteiger partial charge in [-0.3, -0.25) is 4.90 Å². The van der Waals surface area contributed by atoms with Crippen molar-refractivity contribution in [2.75, 3.05) is 0 Å². The molecule has 0 unspecified atom stereocenters. The molecule has 0 aromatic heterocycles. The van der Waals surface area contributed by atoms with Crippen LogP contribution < -0.4 is 5.32 Å². The van der Waals surface area contributed by atoms with Crippen molar-refractivity contribution in [3.63, 3.8) is 0 Å². The summed E-state index contributed by atoms with van der Waals surface area (Å²) in [5, 5.41) is 3.48. The Labute approximate surface area is 153 Å². The predicted molar refractivity (Wildman–Crippen MR) is 100 cm³/mol. The van der Waals surface area contributed by atoms with Crippen LogP contribution in [0.15, 0.2) is 58.7 Å². The third-order valence-electron chi connectivity index (χ3n) is 3.42. The lowest BCUT2D eigenvalue weighted by Crippen LogP contribution is -2.29. The number of carbonyl (C=O) groups is 1. The van der Waals surface area contributed by atoms with Crippen molar-refractivity contribution < 1.29 is 4.79 Å². The molecule has 6 heteroatoms. The number of hydrogen-bond donors (Lipinski definition) is 1. The van der Waals surface area contributed by atoms with Gasteiger partial charge in [-0.2, -0.15) is 0 Å². The molecule has 3 rings (SSSR count). The number of carbonyl (C=O) groups excluding carboxylic acids is 1. The first-order valence-electron chi connectivity index (χ1n) is 6.88. The van der Waals surface area contributed by atoms with Crippen LogP contribution in [0.2, 0.25) is 5.02 Å². The fourth-order valence-corrected chi connectivity index (χ4v) is 3.02. The van der Waals surface area contributed by atoms with Crippen molar-refractivity contribution in [1.82, 2.24) is 10.2 Å². The highest BCUT2D eigenvalue weighted by Crippen LogP contribution is 2.23. The first-order valence-corrected chi connectivity index (χ1v) is 8.46. The number of benzene rings is 2. The number of thiocarbonyl (C=S) groups is 1. The maximum atomic E-state index is 12.2. The molecule has 0 aliphatic carbocycles.